The summed E-state index contributed by atoms with van der Waals surface area (Å²) in [6.45, 7) is 4.49. The fraction of sp³-hybridized carbons (Fsp3) is 0.435. The van der Waals surface area contributed by atoms with Crippen molar-refractivity contribution in [2.75, 3.05) is 65.3 Å². The lowest BCUT2D eigenvalue weighted by molar-refractivity contribution is 0.181. The van der Waals surface area contributed by atoms with Crippen LogP contribution >= 0.6 is 11.6 Å². The van der Waals surface area contributed by atoms with Crippen LogP contribution in [0.1, 0.15) is 11.1 Å². The molecule has 0 amide bonds. The molecule has 0 N–H and O–H groups in total. The lowest BCUT2D eigenvalue weighted by atomic mass is 10.1. The van der Waals surface area contributed by atoms with Gasteiger partial charge in [0.2, 0.25) is 10.0 Å². The van der Waals surface area contributed by atoms with E-state index in [0.717, 1.165) is 24.3 Å². The maximum absolute atomic E-state index is 12.9. The van der Waals surface area contributed by atoms with Gasteiger partial charge >= 0.3 is 0 Å². The normalized spacial score (nSPS) is 15.6. The van der Waals surface area contributed by atoms with Crippen molar-refractivity contribution in [3.63, 3.8) is 0 Å². The Morgan fingerprint density at radius 1 is 1.00 bits per heavy atom. The summed E-state index contributed by atoms with van der Waals surface area (Å²) in [6.07, 6.45) is 0. The van der Waals surface area contributed by atoms with Crippen LogP contribution in [-0.2, 0) is 16.6 Å². The molecule has 9 heteroatoms. The number of anilines is 1. The van der Waals surface area contributed by atoms with Crippen molar-refractivity contribution >= 4 is 27.3 Å². The summed E-state index contributed by atoms with van der Waals surface area (Å²) < 4.78 is 27.3. The highest BCUT2D eigenvalue weighted by molar-refractivity contribution is 7.89. The molecule has 2 aromatic rings. The topological polar surface area (TPSA) is 70.9 Å². The van der Waals surface area contributed by atoms with E-state index in [4.69, 9.17) is 11.6 Å². The minimum Gasteiger partial charge on any atom is -0.373 e. The largest absolute Gasteiger partial charge is 0.373 e. The Balaban J connectivity index is 1.66. The summed E-state index contributed by atoms with van der Waals surface area (Å²) in [5.41, 5.74) is 2.70. The molecular formula is C23H30ClN5O2S. The van der Waals surface area contributed by atoms with Crippen molar-refractivity contribution in [3.05, 3.63) is 58.6 Å². The Morgan fingerprint density at radius 3 is 2.25 bits per heavy atom. The minimum atomic E-state index is -3.53. The molecule has 0 bridgehead atoms. The summed E-state index contributed by atoms with van der Waals surface area (Å²) in [5, 5.41) is 10.1. The van der Waals surface area contributed by atoms with Crippen LogP contribution in [0.25, 0.3) is 0 Å². The SMILES string of the molecule is CN(C)CCN(C)c1ccc(C#N)c(CN2CCN(S(=O)(=O)c3ccc(Cl)cc3)CC2)c1. The number of hydrogen-bond acceptors (Lipinski definition) is 6. The first-order valence-corrected chi connectivity index (χ1v) is 12.4. The highest BCUT2D eigenvalue weighted by Crippen LogP contribution is 2.23. The smallest absolute Gasteiger partial charge is 0.243 e. The summed E-state index contributed by atoms with van der Waals surface area (Å²) in [4.78, 5) is 6.78. The third-order valence-electron chi connectivity index (χ3n) is 5.71. The van der Waals surface area contributed by atoms with Gasteiger partial charge < -0.3 is 9.80 Å². The van der Waals surface area contributed by atoms with Gasteiger partial charge in [-0.2, -0.15) is 9.57 Å². The van der Waals surface area contributed by atoms with Crippen LogP contribution in [-0.4, -0.2) is 82.9 Å². The standard InChI is InChI=1S/C23H30ClN5O2S/c1-26(2)10-11-27(3)22-7-4-19(17-25)20(16-22)18-28-12-14-29(15-13-28)32(30,31)23-8-5-21(24)6-9-23/h4-9,16H,10-15,18H2,1-3H3. The molecule has 3 rings (SSSR count). The van der Waals surface area contributed by atoms with Crippen LogP contribution in [0.3, 0.4) is 0 Å². The van der Waals surface area contributed by atoms with Gasteiger partial charge in [-0.15, -0.1) is 0 Å². The highest BCUT2D eigenvalue weighted by atomic mass is 35.5. The van der Waals surface area contributed by atoms with Gasteiger partial charge in [-0.25, -0.2) is 8.42 Å². The van der Waals surface area contributed by atoms with Gasteiger partial charge in [0.05, 0.1) is 16.5 Å². The van der Waals surface area contributed by atoms with E-state index in [9.17, 15) is 13.7 Å². The van der Waals surface area contributed by atoms with Crippen molar-refractivity contribution < 1.29 is 8.42 Å². The monoisotopic (exact) mass is 475 g/mol. The fourth-order valence-electron chi connectivity index (χ4n) is 3.66. The summed E-state index contributed by atoms with van der Waals surface area (Å²) in [5.74, 6) is 0. The molecule has 0 atom stereocenters. The summed E-state index contributed by atoms with van der Waals surface area (Å²) >= 11 is 5.89. The number of likely N-dealkylation sites (N-methyl/N-ethyl adjacent to an activating group) is 2. The van der Waals surface area contributed by atoms with Crippen LogP contribution in [0.5, 0.6) is 0 Å². The lowest BCUT2D eigenvalue weighted by Crippen LogP contribution is -2.48. The van der Waals surface area contributed by atoms with E-state index in [0.29, 0.717) is 43.3 Å². The molecule has 0 aromatic heterocycles. The molecule has 7 nitrogen and oxygen atoms in total. The molecule has 1 aliphatic heterocycles. The van der Waals surface area contributed by atoms with Crippen LogP contribution < -0.4 is 4.90 Å². The maximum Gasteiger partial charge on any atom is 0.243 e. The highest BCUT2D eigenvalue weighted by Gasteiger charge is 2.28. The molecule has 172 valence electrons. The molecule has 1 heterocycles. The van der Waals surface area contributed by atoms with E-state index in [1.165, 1.54) is 4.31 Å². The van der Waals surface area contributed by atoms with Gasteiger partial charge in [0, 0.05) is 63.6 Å². The minimum absolute atomic E-state index is 0.260. The molecular weight excluding hydrogens is 446 g/mol. The van der Waals surface area contributed by atoms with Gasteiger partial charge in [-0.1, -0.05) is 11.6 Å². The van der Waals surface area contributed by atoms with E-state index in [2.05, 4.69) is 33.9 Å². The Labute approximate surface area is 196 Å². The van der Waals surface area contributed by atoms with E-state index in [1.807, 2.05) is 26.2 Å². The number of sulfonamides is 1. The number of benzene rings is 2. The second-order valence-electron chi connectivity index (χ2n) is 8.31. The van der Waals surface area contributed by atoms with E-state index in [-0.39, 0.29) is 4.90 Å². The number of halogens is 1. The zero-order chi connectivity index (χ0) is 23.3. The predicted molar refractivity (Wildman–Crippen MR) is 128 cm³/mol. The summed E-state index contributed by atoms with van der Waals surface area (Å²) in [6, 6.07) is 14.5. The van der Waals surface area contributed by atoms with Gasteiger partial charge in [0.15, 0.2) is 0 Å². The van der Waals surface area contributed by atoms with E-state index in [1.54, 1.807) is 24.3 Å². The van der Waals surface area contributed by atoms with Crippen LogP contribution in [0.15, 0.2) is 47.4 Å². The second kappa shape index (κ2) is 10.6. The second-order valence-corrected chi connectivity index (χ2v) is 10.7. The van der Waals surface area contributed by atoms with E-state index >= 15 is 0 Å². The Bertz CT molecular complexity index is 1060. The van der Waals surface area contributed by atoms with Gasteiger partial charge in [0.25, 0.3) is 0 Å². The zero-order valence-electron chi connectivity index (χ0n) is 18.8. The molecule has 1 fully saturated rings. The third kappa shape index (κ3) is 6.00. The number of piperazine rings is 1. The van der Waals surface area contributed by atoms with Gasteiger partial charge in [0.1, 0.15) is 0 Å². The van der Waals surface area contributed by atoms with Gasteiger partial charge in [-0.3, -0.25) is 4.90 Å². The molecule has 32 heavy (non-hydrogen) atoms. The fourth-order valence-corrected chi connectivity index (χ4v) is 5.21. The van der Waals surface area contributed by atoms with Crippen molar-refractivity contribution in [1.82, 2.24) is 14.1 Å². The maximum atomic E-state index is 12.9. The molecule has 1 aliphatic rings. The molecule has 0 spiro atoms. The Kier molecular flexibility index (Phi) is 8.15. The van der Waals surface area contributed by atoms with E-state index < -0.39 is 10.0 Å². The quantitative estimate of drug-likeness (QED) is 0.584. The predicted octanol–water partition coefficient (Wildman–Crippen LogP) is 2.72. The molecule has 0 saturated carbocycles. The first kappa shape index (κ1) is 24.5. The first-order chi connectivity index (χ1) is 15.2. The number of nitrogens with zero attached hydrogens (tertiary/aromatic N) is 5. The average Bonchev–Trinajstić information content (AvgIpc) is 2.78. The number of rotatable bonds is 8. The summed E-state index contributed by atoms with van der Waals surface area (Å²) in [7, 11) is 2.61. The van der Waals surface area contributed by atoms with Crippen molar-refractivity contribution in [2.24, 2.45) is 0 Å². The van der Waals surface area contributed by atoms with Crippen LogP contribution in [0.4, 0.5) is 5.69 Å². The zero-order valence-corrected chi connectivity index (χ0v) is 20.4. The Morgan fingerprint density at radius 2 is 1.66 bits per heavy atom. The number of nitriles is 1. The van der Waals surface area contributed by atoms with Gasteiger partial charge in [-0.05, 0) is 62.1 Å². The third-order valence-corrected chi connectivity index (χ3v) is 7.87. The van der Waals surface area contributed by atoms with Crippen molar-refractivity contribution in [2.45, 2.75) is 11.4 Å². The van der Waals surface area contributed by atoms with Crippen LogP contribution in [0, 0.1) is 11.3 Å². The molecule has 2 aromatic carbocycles. The number of hydrogen-bond donors (Lipinski definition) is 0. The molecule has 0 radical (unpaired) electrons. The molecule has 1 saturated heterocycles. The van der Waals surface area contributed by atoms with Crippen molar-refractivity contribution in [1.29, 1.82) is 5.26 Å². The average molecular weight is 476 g/mol. The molecule has 0 unspecified atom stereocenters. The Hall–Kier alpha value is -2.15. The van der Waals surface area contributed by atoms with Crippen LogP contribution in [0.2, 0.25) is 5.02 Å². The molecule has 0 aliphatic carbocycles. The lowest BCUT2D eigenvalue weighted by Gasteiger charge is -2.34. The first-order valence-electron chi connectivity index (χ1n) is 10.6. The van der Waals surface area contributed by atoms with Crippen molar-refractivity contribution in [3.8, 4) is 6.07 Å².